The zero-order valence-corrected chi connectivity index (χ0v) is 14.5. The van der Waals surface area contributed by atoms with E-state index in [1.54, 1.807) is 42.2 Å². The average Bonchev–Trinajstić information content (AvgIpc) is 2.91. The van der Waals surface area contributed by atoms with Gasteiger partial charge in [-0.25, -0.2) is 4.98 Å². The maximum Gasteiger partial charge on any atom is 0.274 e. The Hall–Kier alpha value is -1.93. The van der Waals surface area contributed by atoms with Crippen molar-refractivity contribution < 1.29 is 9.72 Å². The molecule has 0 aliphatic rings. The molecule has 0 unspecified atom stereocenters. The number of carbonyl (C=O) groups is 1. The van der Waals surface area contributed by atoms with E-state index < -0.39 is 4.92 Å². The molecule has 122 valence electrons. The van der Waals surface area contributed by atoms with E-state index in [9.17, 15) is 14.9 Å². The number of aryl methyl sites for hydroxylation is 1. The maximum absolute atomic E-state index is 12.0. The molecule has 0 spiro atoms. The third kappa shape index (κ3) is 5.04. The Bertz CT molecular complexity index is 716. The van der Waals surface area contributed by atoms with Crippen LogP contribution in [0.15, 0.2) is 23.6 Å². The van der Waals surface area contributed by atoms with Gasteiger partial charge in [-0.3, -0.25) is 14.9 Å². The van der Waals surface area contributed by atoms with Gasteiger partial charge in [-0.05, 0) is 19.9 Å². The van der Waals surface area contributed by atoms with Gasteiger partial charge >= 0.3 is 0 Å². The molecule has 0 aliphatic heterocycles. The topological polar surface area (TPSA) is 85.1 Å². The zero-order valence-electron chi connectivity index (χ0n) is 12.9. The van der Waals surface area contributed by atoms with Crippen LogP contribution in [-0.2, 0) is 10.5 Å². The molecule has 0 bridgehead atoms. The number of rotatable bonds is 7. The van der Waals surface area contributed by atoms with Gasteiger partial charge in [0.1, 0.15) is 0 Å². The van der Waals surface area contributed by atoms with Crippen LogP contribution in [-0.4, -0.2) is 21.6 Å². The number of benzene rings is 1. The number of nitrogens with one attached hydrogen (secondary N) is 1. The highest BCUT2D eigenvalue weighted by Crippen LogP contribution is 2.25. The Labute approximate surface area is 142 Å². The molecule has 1 aromatic carbocycles. The predicted molar refractivity (Wildman–Crippen MR) is 94.1 cm³/mol. The molecule has 0 atom stereocenters. The van der Waals surface area contributed by atoms with Gasteiger partial charge in [0.25, 0.3) is 5.69 Å². The van der Waals surface area contributed by atoms with Crippen LogP contribution in [0.2, 0.25) is 0 Å². The third-order valence-electron chi connectivity index (χ3n) is 3.17. The first kappa shape index (κ1) is 17.4. The second-order valence-electron chi connectivity index (χ2n) is 4.92. The summed E-state index contributed by atoms with van der Waals surface area (Å²) < 4.78 is 0. The summed E-state index contributed by atoms with van der Waals surface area (Å²) in [5, 5.41) is 16.7. The molecule has 0 aliphatic carbocycles. The van der Waals surface area contributed by atoms with Crippen LogP contribution >= 0.6 is 23.1 Å². The number of nitro groups is 1. The molecule has 1 heterocycles. The summed E-state index contributed by atoms with van der Waals surface area (Å²) in [6.07, 6.45) is 0.357. The number of anilines is 1. The zero-order chi connectivity index (χ0) is 16.8. The standard InChI is InChI=1S/C15H17N3O3S2/c1-10-13(4-3-5-14(10)18(20)21)17-15(19)6-7-22-8-12-9-23-11(2)16-12/h3-5,9H,6-8H2,1-2H3,(H,17,19). The lowest BCUT2D eigenvalue weighted by molar-refractivity contribution is -0.385. The van der Waals surface area contributed by atoms with Gasteiger partial charge in [0.2, 0.25) is 5.91 Å². The summed E-state index contributed by atoms with van der Waals surface area (Å²) >= 11 is 3.26. The molecule has 1 aromatic heterocycles. The van der Waals surface area contributed by atoms with E-state index in [1.165, 1.54) is 6.07 Å². The smallest absolute Gasteiger partial charge is 0.274 e. The Morgan fingerprint density at radius 3 is 2.87 bits per heavy atom. The molecule has 1 amide bonds. The second kappa shape index (κ2) is 8.07. The van der Waals surface area contributed by atoms with Crippen molar-refractivity contribution in [1.29, 1.82) is 0 Å². The Morgan fingerprint density at radius 2 is 2.22 bits per heavy atom. The molecule has 0 saturated carbocycles. The Balaban J connectivity index is 1.81. The van der Waals surface area contributed by atoms with E-state index >= 15 is 0 Å². The lowest BCUT2D eigenvalue weighted by Crippen LogP contribution is -2.13. The summed E-state index contributed by atoms with van der Waals surface area (Å²) in [6, 6.07) is 4.67. The monoisotopic (exact) mass is 351 g/mol. The molecule has 2 aromatic rings. The lowest BCUT2D eigenvalue weighted by atomic mass is 10.1. The normalized spacial score (nSPS) is 10.5. The Kier molecular flexibility index (Phi) is 6.12. The Morgan fingerprint density at radius 1 is 1.43 bits per heavy atom. The van der Waals surface area contributed by atoms with Crippen molar-refractivity contribution in [1.82, 2.24) is 4.98 Å². The largest absolute Gasteiger partial charge is 0.326 e. The summed E-state index contributed by atoms with van der Waals surface area (Å²) in [5.41, 5.74) is 2.00. The minimum absolute atomic E-state index is 0.0103. The number of carbonyl (C=O) groups excluding carboxylic acids is 1. The van der Waals surface area contributed by atoms with Crippen molar-refractivity contribution in [3.63, 3.8) is 0 Å². The first-order valence-electron chi connectivity index (χ1n) is 7.00. The van der Waals surface area contributed by atoms with Gasteiger partial charge in [-0.15, -0.1) is 11.3 Å². The SMILES string of the molecule is Cc1nc(CSCCC(=O)Nc2cccc([N+](=O)[O-])c2C)cs1. The van der Waals surface area contributed by atoms with E-state index in [-0.39, 0.29) is 11.6 Å². The van der Waals surface area contributed by atoms with Crippen LogP contribution < -0.4 is 5.32 Å². The number of thioether (sulfide) groups is 1. The molecular formula is C15H17N3O3S2. The van der Waals surface area contributed by atoms with Crippen LogP contribution in [0.3, 0.4) is 0 Å². The van der Waals surface area contributed by atoms with Gasteiger partial charge in [0.05, 0.1) is 26.9 Å². The number of amides is 1. The van der Waals surface area contributed by atoms with Crippen LogP contribution in [0.25, 0.3) is 0 Å². The molecule has 0 fully saturated rings. The van der Waals surface area contributed by atoms with Gasteiger partial charge in [-0.2, -0.15) is 11.8 Å². The minimum Gasteiger partial charge on any atom is -0.326 e. The molecule has 1 N–H and O–H groups in total. The van der Waals surface area contributed by atoms with Crippen LogP contribution in [0, 0.1) is 24.0 Å². The van der Waals surface area contributed by atoms with Crippen LogP contribution in [0.4, 0.5) is 11.4 Å². The predicted octanol–water partition coefficient (Wildman–Crippen LogP) is 3.93. The van der Waals surface area contributed by atoms with Crippen molar-refractivity contribution in [3.8, 4) is 0 Å². The minimum atomic E-state index is -0.448. The van der Waals surface area contributed by atoms with E-state index in [1.807, 2.05) is 12.3 Å². The fraction of sp³-hybridized carbons (Fsp3) is 0.333. The fourth-order valence-corrected chi connectivity index (χ4v) is 3.53. The second-order valence-corrected chi connectivity index (χ2v) is 7.08. The molecule has 8 heteroatoms. The molecular weight excluding hydrogens is 334 g/mol. The third-order valence-corrected chi connectivity index (χ3v) is 4.98. The average molecular weight is 351 g/mol. The van der Waals surface area contributed by atoms with Crippen molar-refractivity contribution in [2.75, 3.05) is 11.1 Å². The fourth-order valence-electron chi connectivity index (χ4n) is 1.99. The maximum atomic E-state index is 12.0. The van der Waals surface area contributed by atoms with Gasteiger partial charge in [0.15, 0.2) is 0 Å². The first-order valence-corrected chi connectivity index (χ1v) is 9.03. The molecule has 23 heavy (non-hydrogen) atoms. The molecule has 0 radical (unpaired) electrons. The summed E-state index contributed by atoms with van der Waals surface area (Å²) in [5.74, 6) is 1.32. The highest BCUT2D eigenvalue weighted by Gasteiger charge is 2.14. The number of thiazole rings is 1. The summed E-state index contributed by atoms with van der Waals surface area (Å²) in [7, 11) is 0. The van der Waals surface area contributed by atoms with E-state index in [0.29, 0.717) is 23.4 Å². The van der Waals surface area contributed by atoms with Crippen LogP contribution in [0.1, 0.15) is 22.7 Å². The number of nitro benzene ring substituents is 1. The molecule has 0 saturated heterocycles. The number of hydrogen-bond acceptors (Lipinski definition) is 6. The highest BCUT2D eigenvalue weighted by molar-refractivity contribution is 7.98. The number of hydrogen-bond donors (Lipinski definition) is 1. The summed E-state index contributed by atoms with van der Waals surface area (Å²) in [6.45, 7) is 3.60. The van der Waals surface area contributed by atoms with E-state index in [2.05, 4.69) is 10.3 Å². The number of nitrogens with zero attached hydrogens (tertiary/aromatic N) is 2. The molecule has 2 rings (SSSR count). The van der Waals surface area contributed by atoms with Crippen molar-refractivity contribution in [3.05, 3.63) is 50.0 Å². The van der Waals surface area contributed by atoms with Gasteiger partial charge in [-0.1, -0.05) is 6.07 Å². The van der Waals surface area contributed by atoms with Gasteiger partial charge < -0.3 is 5.32 Å². The van der Waals surface area contributed by atoms with Crippen molar-refractivity contribution in [2.45, 2.75) is 26.0 Å². The highest BCUT2D eigenvalue weighted by atomic mass is 32.2. The first-order chi connectivity index (χ1) is 11.0. The van der Waals surface area contributed by atoms with E-state index in [0.717, 1.165) is 16.5 Å². The lowest BCUT2D eigenvalue weighted by Gasteiger charge is -2.08. The van der Waals surface area contributed by atoms with Crippen molar-refractivity contribution in [2.24, 2.45) is 0 Å². The van der Waals surface area contributed by atoms with E-state index in [4.69, 9.17) is 0 Å². The quantitative estimate of drug-likeness (QED) is 0.464. The molecule has 6 nitrogen and oxygen atoms in total. The van der Waals surface area contributed by atoms with Crippen LogP contribution in [0.5, 0.6) is 0 Å². The van der Waals surface area contributed by atoms with Crippen molar-refractivity contribution >= 4 is 40.4 Å². The van der Waals surface area contributed by atoms with Gasteiger partial charge in [0, 0.05) is 29.4 Å². The number of aromatic nitrogens is 1. The summed E-state index contributed by atoms with van der Waals surface area (Å²) in [4.78, 5) is 26.8.